The summed E-state index contributed by atoms with van der Waals surface area (Å²) in [7, 11) is 1.51. The van der Waals surface area contributed by atoms with Crippen molar-refractivity contribution in [2.75, 3.05) is 24.4 Å². The van der Waals surface area contributed by atoms with Crippen LogP contribution in [0.25, 0.3) is 0 Å². The highest BCUT2D eigenvalue weighted by atomic mass is 16.5. The van der Waals surface area contributed by atoms with Crippen LogP contribution in [0, 0.1) is 5.92 Å². The average molecular weight is 264 g/mol. The summed E-state index contributed by atoms with van der Waals surface area (Å²) in [4.78, 5) is 11.4. The molecule has 1 aromatic carbocycles. The Morgan fingerprint density at radius 3 is 2.63 bits per heavy atom. The van der Waals surface area contributed by atoms with E-state index in [1.807, 2.05) is 24.3 Å². The van der Waals surface area contributed by atoms with Gasteiger partial charge in [-0.2, -0.15) is 0 Å². The van der Waals surface area contributed by atoms with Crippen LogP contribution in [0.15, 0.2) is 24.3 Å². The zero-order valence-electron chi connectivity index (χ0n) is 12.2. The number of hydrogen-bond donors (Lipinski definition) is 2. The zero-order valence-corrected chi connectivity index (χ0v) is 12.2. The van der Waals surface area contributed by atoms with Crippen LogP contribution in [0.4, 0.5) is 11.4 Å². The highest BCUT2D eigenvalue weighted by molar-refractivity contribution is 5.92. The normalized spacial score (nSPS) is 13.7. The van der Waals surface area contributed by atoms with Gasteiger partial charge in [-0.15, -0.1) is 0 Å². The molecular formula is C15H24N2O2. The Labute approximate surface area is 115 Å². The second-order valence-electron chi connectivity index (χ2n) is 4.88. The van der Waals surface area contributed by atoms with Crippen molar-refractivity contribution in [3.8, 4) is 0 Å². The van der Waals surface area contributed by atoms with Gasteiger partial charge in [-0.1, -0.05) is 26.3 Å². The Balaban J connectivity index is 2.64. The van der Waals surface area contributed by atoms with Crippen LogP contribution < -0.4 is 10.6 Å². The quantitative estimate of drug-likeness (QED) is 0.795. The Morgan fingerprint density at radius 2 is 2.00 bits per heavy atom. The van der Waals surface area contributed by atoms with Gasteiger partial charge < -0.3 is 15.4 Å². The van der Waals surface area contributed by atoms with Gasteiger partial charge in [-0.25, -0.2) is 0 Å². The van der Waals surface area contributed by atoms with Crippen LogP contribution in [-0.4, -0.2) is 25.7 Å². The lowest BCUT2D eigenvalue weighted by Crippen LogP contribution is -2.23. The van der Waals surface area contributed by atoms with Gasteiger partial charge in [-0.05, 0) is 31.0 Å². The highest BCUT2D eigenvalue weighted by Gasteiger charge is 2.10. The van der Waals surface area contributed by atoms with Crippen LogP contribution >= 0.6 is 0 Å². The van der Waals surface area contributed by atoms with Crippen LogP contribution in [0.1, 0.15) is 27.2 Å². The molecule has 1 amide bonds. The van der Waals surface area contributed by atoms with E-state index < -0.39 is 0 Å². The number of carbonyl (C=O) groups is 1. The summed E-state index contributed by atoms with van der Waals surface area (Å²) < 4.78 is 4.79. The summed E-state index contributed by atoms with van der Waals surface area (Å²) in [6.45, 7) is 6.65. The van der Waals surface area contributed by atoms with Crippen molar-refractivity contribution < 1.29 is 9.53 Å². The summed E-state index contributed by atoms with van der Waals surface area (Å²) in [5, 5.41) is 6.25. The summed E-state index contributed by atoms with van der Waals surface area (Å²) in [5.41, 5.74) is 1.80. The molecule has 0 aliphatic rings. The lowest BCUT2D eigenvalue weighted by atomic mass is 10.0. The molecule has 0 heterocycles. The first-order valence-corrected chi connectivity index (χ1v) is 6.72. The predicted octanol–water partition coefficient (Wildman–Crippen LogP) is 3.12. The molecule has 2 atom stereocenters. The van der Waals surface area contributed by atoms with E-state index in [9.17, 15) is 4.79 Å². The molecule has 0 radical (unpaired) electrons. The number of ether oxygens (including phenoxy) is 1. The first-order valence-electron chi connectivity index (χ1n) is 6.72. The van der Waals surface area contributed by atoms with E-state index in [0.717, 1.165) is 17.8 Å². The number of methoxy groups -OCH3 is 1. The van der Waals surface area contributed by atoms with Crippen LogP contribution in [0.3, 0.4) is 0 Å². The number of rotatable bonds is 7. The van der Waals surface area contributed by atoms with E-state index in [1.54, 1.807) is 0 Å². The molecule has 0 saturated heterocycles. The van der Waals surface area contributed by atoms with Crippen molar-refractivity contribution in [1.29, 1.82) is 0 Å². The molecule has 0 fully saturated rings. The van der Waals surface area contributed by atoms with Gasteiger partial charge >= 0.3 is 0 Å². The first kappa shape index (κ1) is 15.5. The fraction of sp³-hybridized carbons (Fsp3) is 0.533. The molecular weight excluding hydrogens is 240 g/mol. The van der Waals surface area contributed by atoms with Gasteiger partial charge in [-0.3, -0.25) is 4.79 Å². The summed E-state index contributed by atoms with van der Waals surface area (Å²) in [6, 6.07) is 8.13. The number of hydrogen-bond acceptors (Lipinski definition) is 3. The fourth-order valence-electron chi connectivity index (χ4n) is 1.77. The topological polar surface area (TPSA) is 50.4 Å². The Morgan fingerprint density at radius 1 is 1.32 bits per heavy atom. The smallest absolute Gasteiger partial charge is 0.250 e. The van der Waals surface area contributed by atoms with Gasteiger partial charge in [0.25, 0.3) is 0 Å². The van der Waals surface area contributed by atoms with Crippen LogP contribution in [-0.2, 0) is 9.53 Å². The molecule has 0 aliphatic heterocycles. The number of anilines is 2. The van der Waals surface area contributed by atoms with Gasteiger partial charge in [0.2, 0.25) is 5.91 Å². The molecule has 4 nitrogen and oxygen atoms in total. The van der Waals surface area contributed by atoms with E-state index in [2.05, 4.69) is 31.4 Å². The molecule has 2 unspecified atom stereocenters. The van der Waals surface area contributed by atoms with E-state index >= 15 is 0 Å². The highest BCUT2D eigenvalue weighted by Crippen LogP contribution is 2.18. The molecule has 4 heteroatoms. The monoisotopic (exact) mass is 264 g/mol. The van der Waals surface area contributed by atoms with E-state index in [1.165, 1.54) is 7.11 Å². The molecule has 19 heavy (non-hydrogen) atoms. The minimum Gasteiger partial charge on any atom is -0.382 e. The molecule has 0 bridgehead atoms. The SMILES string of the molecule is CCC(C)C(C)Nc1cccc(NC(=O)COC)c1. The number of nitrogens with one attached hydrogen (secondary N) is 2. The lowest BCUT2D eigenvalue weighted by molar-refractivity contribution is -0.119. The van der Waals surface area contributed by atoms with E-state index in [-0.39, 0.29) is 12.5 Å². The minimum atomic E-state index is -0.144. The van der Waals surface area contributed by atoms with Crippen molar-refractivity contribution in [2.45, 2.75) is 33.2 Å². The standard InChI is InChI=1S/C15H24N2O2/c1-5-11(2)12(3)16-13-7-6-8-14(9-13)17-15(18)10-19-4/h6-9,11-12,16H,5,10H2,1-4H3,(H,17,18). The maximum absolute atomic E-state index is 11.4. The number of benzene rings is 1. The molecule has 1 rings (SSSR count). The molecule has 1 aromatic rings. The average Bonchev–Trinajstić information content (AvgIpc) is 2.38. The molecule has 0 spiro atoms. The third-order valence-corrected chi connectivity index (χ3v) is 3.31. The van der Waals surface area contributed by atoms with Gasteiger partial charge in [0.05, 0.1) is 0 Å². The van der Waals surface area contributed by atoms with Gasteiger partial charge in [0.15, 0.2) is 0 Å². The first-order chi connectivity index (χ1) is 9.06. The Bertz CT molecular complexity index is 407. The Kier molecular flexibility index (Phi) is 6.36. The third kappa shape index (κ3) is 5.30. The fourth-order valence-corrected chi connectivity index (χ4v) is 1.77. The lowest BCUT2D eigenvalue weighted by Gasteiger charge is -2.21. The van der Waals surface area contributed by atoms with Crippen LogP contribution in [0.5, 0.6) is 0 Å². The molecule has 0 aliphatic carbocycles. The van der Waals surface area contributed by atoms with Crippen molar-refractivity contribution in [3.63, 3.8) is 0 Å². The van der Waals surface area contributed by atoms with Crippen molar-refractivity contribution in [2.24, 2.45) is 5.92 Å². The largest absolute Gasteiger partial charge is 0.382 e. The van der Waals surface area contributed by atoms with E-state index in [0.29, 0.717) is 12.0 Å². The molecule has 2 N–H and O–H groups in total. The Hall–Kier alpha value is -1.55. The number of carbonyl (C=O) groups excluding carboxylic acids is 1. The van der Waals surface area contributed by atoms with E-state index in [4.69, 9.17) is 4.74 Å². The van der Waals surface area contributed by atoms with Gasteiger partial charge in [0.1, 0.15) is 6.61 Å². The van der Waals surface area contributed by atoms with Gasteiger partial charge in [0, 0.05) is 24.5 Å². The maximum atomic E-state index is 11.4. The zero-order chi connectivity index (χ0) is 14.3. The molecule has 0 aromatic heterocycles. The second-order valence-corrected chi connectivity index (χ2v) is 4.88. The molecule has 0 saturated carbocycles. The summed E-state index contributed by atoms with van der Waals surface area (Å²) >= 11 is 0. The summed E-state index contributed by atoms with van der Waals surface area (Å²) in [5.74, 6) is 0.460. The van der Waals surface area contributed by atoms with Crippen molar-refractivity contribution in [3.05, 3.63) is 24.3 Å². The third-order valence-electron chi connectivity index (χ3n) is 3.31. The minimum absolute atomic E-state index is 0.0704. The van der Waals surface area contributed by atoms with Crippen molar-refractivity contribution in [1.82, 2.24) is 0 Å². The number of amides is 1. The van der Waals surface area contributed by atoms with Crippen molar-refractivity contribution >= 4 is 17.3 Å². The maximum Gasteiger partial charge on any atom is 0.250 e. The second kappa shape index (κ2) is 7.79. The molecule has 106 valence electrons. The van der Waals surface area contributed by atoms with Crippen LogP contribution in [0.2, 0.25) is 0 Å². The summed E-state index contributed by atoms with van der Waals surface area (Å²) in [6.07, 6.45) is 1.14. The predicted molar refractivity (Wildman–Crippen MR) is 79.5 cm³/mol.